The van der Waals surface area contributed by atoms with E-state index in [9.17, 15) is 33.6 Å². The van der Waals surface area contributed by atoms with E-state index in [0.717, 1.165) is 24.2 Å². The second kappa shape index (κ2) is 12.3. The Labute approximate surface area is 184 Å². The third-order valence-corrected chi connectivity index (χ3v) is 4.76. The van der Waals surface area contributed by atoms with Gasteiger partial charge < -0.3 is 20.5 Å². The fraction of sp³-hybridized carbons (Fsp3) is 0.550. The van der Waals surface area contributed by atoms with E-state index in [1.54, 1.807) is 0 Å². The Bertz CT molecular complexity index is 803. The molecule has 12 heteroatoms. The Kier molecular flexibility index (Phi) is 10.2. The summed E-state index contributed by atoms with van der Waals surface area (Å²) in [6.45, 7) is 2.57. The van der Waals surface area contributed by atoms with E-state index in [1.165, 1.54) is 13.8 Å². The largest absolute Gasteiger partial charge is 0.480 e. The Balaban J connectivity index is 2.73. The molecule has 0 aromatic carbocycles. The molecule has 1 heterocycles. The highest BCUT2D eigenvalue weighted by molar-refractivity contribution is 6.12. The first-order chi connectivity index (χ1) is 15.0. The van der Waals surface area contributed by atoms with E-state index in [1.807, 2.05) is 0 Å². The van der Waals surface area contributed by atoms with Crippen molar-refractivity contribution in [1.29, 1.82) is 0 Å². The van der Waals surface area contributed by atoms with Crippen molar-refractivity contribution in [3.05, 3.63) is 12.2 Å². The molecule has 3 atom stereocenters. The molecule has 176 valence electrons. The minimum absolute atomic E-state index is 0.00632. The molecule has 0 unspecified atom stereocenters. The summed E-state index contributed by atoms with van der Waals surface area (Å²) in [5.41, 5.74) is 0. The molecule has 0 aromatic rings. The third kappa shape index (κ3) is 7.93. The van der Waals surface area contributed by atoms with Gasteiger partial charge in [0.25, 0.3) is 11.8 Å². The second-order valence-electron chi connectivity index (χ2n) is 7.20. The van der Waals surface area contributed by atoms with E-state index in [4.69, 9.17) is 5.11 Å². The molecule has 4 amide bonds. The van der Waals surface area contributed by atoms with Crippen molar-refractivity contribution in [2.75, 3.05) is 13.7 Å². The molecular formula is C20H27N3O9. The maximum absolute atomic E-state index is 12.6. The molecule has 1 aliphatic rings. The van der Waals surface area contributed by atoms with Gasteiger partial charge in [0.15, 0.2) is 0 Å². The first kappa shape index (κ1) is 26.5. The van der Waals surface area contributed by atoms with Crippen molar-refractivity contribution in [2.45, 2.75) is 51.6 Å². The zero-order chi connectivity index (χ0) is 24.4. The number of ether oxygens (including phenoxy) is 1. The summed E-state index contributed by atoms with van der Waals surface area (Å²) in [6.07, 6.45) is 1.83. The lowest BCUT2D eigenvalue weighted by Crippen LogP contribution is -2.51. The lowest BCUT2D eigenvalue weighted by Gasteiger charge is -2.20. The van der Waals surface area contributed by atoms with Crippen LogP contribution in [0.3, 0.4) is 0 Å². The fourth-order valence-electron chi connectivity index (χ4n) is 2.82. The minimum Gasteiger partial charge on any atom is -0.480 e. The summed E-state index contributed by atoms with van der Waals surface area (Å²) >= 11 is 0. The molecule has 12 nitrogen and oxygen atoms in total. The van der Waals surface area contributed by atoms with Crippen LogP contribution in [0.15, 0.2) is 12.2 Å². The van der Waals surface area contributed by atoms with Crippen LogP contribution in [-0.4, -0.2) is 77.1 Å². The molecule has 0 saturated heterocycles. The van der Waals surface area contributed by atoms with Crippen molar-refractivity contribution in [3.63, 3.8) is 0 Å². The molecule has 0 saturated carbocycles. The first-order valence-corrected chi connectivity index (χ1v) is 9.94. The van der Waals surface area contributed by atoms with E-state index in [0.29, 0.717) is 0 Å². The SMILES string of the molecule is COC(=O)CC[C@@H](C(=O)CCCN1C(=O)C=CC1=O)C(=O)N[C@@H](C)C(=O)N[C@@H](C)C(=O)O. The number of nitrogens with one attached hydrogen (secondary N) is 2. The number of carboxylic acids is 1. The van der Waals surface area contributed by atoms with Crippen LogP contribution in [0.25, 0.3) is 0 Å². The van der Waals surface area contributed by atoms with E-state index in [-0.39, 0.29) is 32.2 Å². The number of hydrogen-bond acceptors (Lipinski definition) is 8. The Morgan fingerprint density at radius 2 is 1.53 bits per heavy atom. The molecule has 0 aliphatic carbocycles. The highest BCUT2D eigenvalue weighted by Gasteiger charge is 2.30. The van der Waals surface area contributed by atoms with E-state index < -0.39 is 59.4 Å². The van der Waals surface area contributed by atoms with Gasteiger partial charge >= 0.3 is 11.9 Å². The van der Waals surface area contributed by atoms with Gasteiger partial charge in [0.05, 0.1) is 13.0 Å². The van der Waals surface area contributed by atoms with E-state index >= 15 is 0 Å². The number of nitrogens with zero attached hydrogens (tertiary/aromatic N) is 1. The maximum atomic E-state index is 12.6. The molecule has 1 aliphatic heterocycles. The number of hydrogen-bond donors (Lipinski definition) is 3. The third-order valence-electron chi connectivity index (χ3n) is 4.76. The average Bonchev–Trinajstić information content (AvgIpc) is 3.05. The van der Waals surface area contributed by atoms with Gasteiger partial charge in [-0.15, -0.1) is 0 Å². The number of esters is 1. The molecule has 0 radical (unpaired) electrons. The number of ketones is 1. The van der Waals surface area contributed by atoms with Gasteiger partial charge in [0, 0.05) is 31.5 Å². The van der Waals surface area contributed by atoms with Crippen LogP contribution >= 0.6 is 0 Å². The van der Waals surface area contributed by atoms with Gasteiger partial charge in [0.1, 0.15) is 17.9 Å². The summed E-state index contributed by atoms with van der Waals surface area (Å²) in [4.78, 5) is 83.7. The number of Topliss-reactive ketones (excluding diaryl/α,β-unsaturated/α-hetero) is 1. The monoisotopic (exact) mass is 453 g/mol. The van der Waals surface area contributed by atoms with Gasteiger partial charge in [-0.25, -0.2) is 0 Å². The Morgan fingerprint density at radius 1 is 0.969 bits per heavy atom. The zero-order valence-electron chi connectivity index (χ0n) is 18.1. The quantitative estimate of drug-likeness (QED) is 0.178. The van der Waals surface area contributed by atoms with E-state index in [2.05, 4.69) is 15.4 Å². The van der Waals surface area contributed by atoms with Crippen molar-refractivity contribution in [3.8, 4) is 0 Å². The summed E-state index contributed by atoms with van der Waals surface area (Å²) in [6, 6.07) is -2.31. The maximum Gasteiger partial charge on any atom is 0.325 e. The highest BCUT2D eigenvalue weighted by atomic mass is 16.5. The summed E-state index contributed by atoms with van der Waals surface area (Å²) in [7, 11) is 1.16. The van der Waals surface area contributed by atoms with Crippen LogP contribution in [0.1, 0.15) is 39.5 Å². The molecular weight excluding hydrogens is 426 g/mol. The number of imide groups is 1. The predicted molar refractivity (Wildman–Crippen MR) is 108 cm³/mol. The number of methoxy groups -OCH3 is 1. The molecule has 0 fully saturated rings. The fourth-order valence-corrected chi connectivity index (χ4v) is 2.82. The second-order valence-corrected chi connectivity index (χ2v) is 7.20. The smallest absolute Gasteiger partial charge is 0.325 e. The molecule has 32 heavy (non-hydrogen) atoms. The topological polar surface area (TPSA) is 176 Å². The zero-order valence-corrected chi connectivity index (χ0v) is 18.1. The number of aliphatic carboxylic acids is 1. The lowest BCUT2D eigenvalue weighted by molar-refractivity contribution is -0.143. The summed E-state index contributed by atoms with van der Waals surface area (Å²) in [5.74, 6) is -6.24. The van der Waals surface area contributed by atoms with Crippen LogP contribution < -0.4 is 10.6 Å². The predicted octanol–water partition coefficient (Wildman–Crippen LogP) is -1.08. The van der Waals surface area contributed by atoms with Crippen molar-refractivity contribution in [2.24, 2.45) is 5.92 Å². The molecule has 0 aromatic heterocycles. The van der Waals surface area contributed by atoms with Crippen LogP contribution in [0.4, 0.5) is 0 Å². The van der Waals surface area contributed by atoms with Gasteiger partial charge in [-0.05, 0) is 26.7 Å². The minimum atomic E-state index is -1.27. The van der Waals surface area contributed by atoms with Crippen LogP contribution in [0.2, 0.25) is 0 Å². The first-order valence-electron chi connectivity index (χ1n) is 9.94. The lowest BCUT2D eigenvalue weighted by atomic mass is 9.93. The van der Waals surface area contributed by atoms with Crippen molar-refractivity contribution in [1.82, 2.24) is 15.5 Å². The van der Waals surface area contributed by atoms with Crippen LogP contribution in [0, 0.1) is 5.92 Å². The van der Waals surface area contributed by atoms with Crippen molar-refractivity contribution < 1.29 is 43.4 Å². The number of carbonyl (C=O) groups is 7. The number of amides is 4. The summed E-state index contributed by atoms with van der Waals surface area (Å²) in [5, 5.41) is 13.4. The Hall–Kier alpha value is -3.57. The molecule has 3 N–H and O–H groups in total. The normalized spacial score (nSPS) is 15.7. The van der Waals surface area contributed by atoms with Gasteiger partial charge in [-0.1, -0.05) is 0 Å². The standard InChI is InChI=1S/C20H27N3O9/c1-11(18(28)22-12(2)20(30)31)21-19(29)13(6-9-17(27)32-3)14(24)5-4-10-23-15(25)7-8-16(23)26/h7-8,11-13H,4-6,9-10H2,1-3H3,(H,21,29)(H,22,28)(H,30,31)/t11-,12-,13-/m0/s1. The van der Waals surface area contributed by atoms with Crippen LogP contribution in [-0.2, 0) is 38.3 Å². The Morgan fingerprint density at radius 3 is 2.06 bits per heavy atom. The average molecular weight is 453 g/mol. The molecule has 1 rings (SSSR count). The molecule has 0 spiro atoms. The number of carboxylic acid groups (broad SMARTS) is 1. The van der Waals surface area contributed by atoms with Gasteiger partial charge in [-0.3, -0.25) is 38.5 Å². The van der Waals surface area contributed by atoms with Gasteiger partial charge in [-0.2, -0.15) is 0 Å². The van der Waals surface area contributed by atoms with Crippen LogP contribution in [0.5, 0.6) is 0 Å². The van der Waals surface area contributed by atoms with Gasteiger partial charge in [0.2, 0.25) is 11.8 Å². The van der Waals surface area contributed by atoms with Crippen molar-refractivity contribution >= 4 is 41.4 Å². The molecule has 0 bridgehead atoms. The number of carbonyl (C=O) groups excluding carboxylic acids is 6. The summed E-state index contributed by atoms with van der Waals surface area (Å²) < 4.78 is 4.53. The number of rotatable bonds is 13. The highest BCUT2D eigenvalue weighted by Crippen LogP contribution is 2.14.